The quantitative estimate of drug-likeness (QED) is 0.796. The first-order chi connectivity index (χ1) is 10.2. The van der Waals surface area contributed by atoms with Gasteiger partial charge in [-0.15, -0.1) is 11.3 Å². The minimum atomic E-state index is -0.517. The highest BCUT2D eigenvalue weighted by atomic mass is 32.1. The van der Waals surface area contributed by atoms with Crippen LogP contribution in [0.2, 0.25) is 0 Å². The molecule has 0 amide bonds. The molecule has 21 heavy (non-hydrogen) atoms. The molecule has 3 aromatic rings. The number of hydrogen-bond donors (Lipinski definition) is 1. The molecule has 3 nitrogen and oxygen atoms in total. The number of pyridine rings is 1. The fourth-order valence-corrected chi connectivity index (χ4v) is 3.11. The van der Waals surface area contributed by atoms with Crippen molar-refractivity contribution in [2.45, 2.75) is 19.4 Å². The fourth-order valence-electron chi connectivity index (χ4n) is 2.20. The molecule has 2 aromatic heterocycles. The Labute approximate surface area is 128 Å². The Morgan fingerprint density at radius 3 is 2.76 bits per heavy atom. The third-order valence-corrected chi connectivity index (χ3v) is 4.33. The van der Waals surface area contributed by atoms with Crippen LogP contribution >= 0.6 is 11.3 Å². The van der Waals surface area contributed by atoms with Crippen LogP contribution in [0.5, 0.6) is 0 Å². The highest BCUT2D eigenvalue weighted by Crippen LogP contribution is 2.27. The number of thiazole rings is 1. The number of nitrogens with zero attached hydrogens (tertiary/aromatic N) is 2. The van der Waals surface area contributed by atoms with Crippen LogP contribution < -0.4 is 0 Å². The predicted octanol–water partition coefficient (Wildman–Crippen LogP) is 3.79. The molecule has 106 valence electrons. The summed E-state index contributed by atoms with van der Waals surface area (Å²) in [7, 11) is 0. The smallest absolute Gasteiger partial charge is 0.125 e. The van der Waals surface area contributed by atoms with Gasteiger partial charge in [0.05, 0.1) is 11.8 Å². The predicted molar refractivity (Wildman–Crippen MR) is 85.2 cm³/mol. The molecular formula is C17H16N2OS. The van der Waals surface area contributed by atoms with Crippen LogP contribution in [0.3, 0.4) is 0 Å². The van der Waals surface area contributed by atoms with Gasteiger partial charge in [0.2, 0.25) is 0 Å². The molecule has 2 heterocycles. The van der Waals surface area contributed by atoms with E-state index in [1.807, 2.05) is 48.0 Å². The SMILES string of the molecule is Cc1ccncc1-c1nc(CC(O)c2ccccc2)cs1. The van der Waals surface area contributed by atoms with E-state index in [0.29, 0.717) is 6.42 Å². The van der Waals surface area contributed by atoms with E-state index in [-0.39, 0.29) is 0 Å². The van der Waals surface area contributed by atoms with Gasteiger partial charge in [-0.1, -0.05) is 30.3 Å². The van der Waals surface area contributed by atoms with Gasteiger partial charge in [-0.3, -0.25) is 4.98 Å². The van der Waals surface area contributed by atoms with E-state index in [2.05, 4.69) is 16.9 Å². The Balaban J connectivity index is 1.78. The van der Waals surface area contributed by atoms with Crippen molar-refractivity contribution in [3.8, 4) is 10.6 Å². The van der Waals surface area contributed by atoms with E-state index in [0.717, 1.165) is 27.4 Å². The first kappa shape index (κ1) is 13.9. The number of benzene rings is 1. The number of rotatable bonds is 4. The van der Waals surface area contributed by atoms with Gasteiger partial charge in [0.15, 0.2) is 0 Å². The Kier molecular flexibility index (Phi) is 4.08. The fraction of sp³-hybridized carbons (Fsp3) is 0.176. The minimum Gasteiger partial charge on any atom is -0.388 e. The molecule has 1 atom stereocenters. The lowest BCUT2D eigenvalue weighted by atomic mass is 10.1. The summed E-state index contributed by atoms with van der Waals surface area (Å²) in [6.07, 6.45) is 3.63. The van der Waals surface area contributed by atoms with Crippen molar-refractivity contribution < 1.29 is 5.11 Å². The van der Waals surface area contributed by atoms with E-state index < -0.39 is 6.10 Å². The first-order valence-corrected chi connectivity index (χ1v) is 7.70. The Morgan fingerprint density at radius 2 is 2.00 bits per heavy atom. The molecule has 1 N–H and O–H groups in total. The summed E-state index contributed by atoms with van der Waals surface area (Å²) in [6, 6.07) is 11.7. The minimum absolute atomic E-state index is 0.517. The summed E-state index contributed by atoms with van der Waals surface area (Å²) >= 11 is 1.59. The lowest BCUT2D eigenvalue weighted by Crippen LogP contribution is -2.01. The van der Waals surface area contributed by atoms with Gasteiger partial charge in [-0.2, -0.15) is 0 Å². The summed E-state index contributed by atoms with van der Waals surface area (Å²) in [5.74, 6) is 0. The number of aliphatic hydroxyl groups excluding tert-OH is 1. The Hall–Kier alpha value is -2.04. The van der Waals surface area contributed by atoms with E-state index in [9.17, 15) is 5.11 Å². The number of aryl methyl sites for hydroxylation is 1. The normalized spacial score (nSPS) is 12.3. The second kappa shape index (κ2) is 6.16. The van der Waals surface area contributed by atoms with Gasteiger partial charge in [-0.25, -0.2) is 4.98 Å². The third-order valence-electron chi connectivity index (χ3n) is 3.41. The van der Waals surface area contributed by atoms with Gasteiger partial charge in [-0.05, 0) is 24.1 Å². The zero-order valence-electron chi connectivity index (χ0n) is 11.7. The highest BCUT2D eigenvalue weighted by Gasteiger charge is 2.12. The van der Waals surface area contributed by atoms with Crippen molar-refractivity contribution in [3.05, 3.63) is 71.0 Å². The summed E-state index contributed by atoms with van der Waals surface area (Å²) in [5.41, 5.74) is 4.05. The average molecular weight is 296 g/mol. The molecule has 0 fully saturated rings. The first-order valence-electron chi connectivity index (χ1n) is 6.82. The summed E-state index contributed by atoms with van der Waals surface area (Å²) in [4.78, 5) is 8.78. The maximum absolute atomic E-state index is 10.3. The van der Waals surface area contributed by atoms with Crippen LogP contribution in [0.25, 0.3) is 10.6 Å². The number of aliphatic hydroxyl groups is 1. The molecular weight excluding hydrogens is 280 g/mol. The maximum atomic E-state index is 10.3. The van der Waals surface area contributed by atoms with Crippen LogP contribution in [0.4, 0.5) is 0 Å². The Bertz CT molecular complexity index is 724. The van der Waals surface area contributed by atoms with Crippen molar-refractivity contribution in [1.29, 1.82) is 0 Å². The van der Waals surface area contributed by atoms with Crippen molar-refractivity contribution in [2.75, 3.05) is 0 Å². The molecule has 4 heteroatoms. The summed E-state index contributed by atoms with van der Waals surface area (Å²) in [5, 5.41) is 13.2. The van der Waals surface area contributed by atoms with Crippen molar-refractivity contribution in [1.82, 2.24) is 9.97 Å². The molecule has 0 aliphatic heterocycles. The van der Waals surface area contributed by atoms with Gasteiger partial charge in [0.1, 0.15) is 5.01 Å². The molecule has 0 bridgehead atoms. The van der Waals surface area contributed by atoms with Crippen LogP contribution in [-0.4, -0.2) is 15.1 Å². The van der Waals surface area contributed by atoms with Crippen molar-refractivity contribution in [3.63, 3.8) is 0 Å². The van der Waals surface area contributed by atoms with Gasteiger partial charge < -0.3 is 5.11 Å². The van der Waals surface area contributed by atoms with E-state index >= 15 is 0 Å². The number of aromatic nitrogens is 2. The second-order valence-corrected chi connectivity index (χ2v) is 5.82. The van der Waals surface area contributed by atoms with Gasteiger partial charge in [0, 0.05) is 29.8 Å². The average Bonchev–Trinajstić information content (AvgIpc) is 2.97. The lowest BCUT2D eigenvalue weighted by molar-refractivity contribution is 0.177. The molecule has 0 aliphatic rings. The zero-order chi connectivity index (χ0) is 14.7. The van der Waals surface area contributed by atoms with Crippen LogP contribution in [0, 0.1) is 6.92 Å². The van der Waals surface area contributed by atoms with Crippen molar-refractivity contribution >= 4 is 11.3 Å². The monoisotopic (exact) mass is 296 g/mol. The molecule has 3 rings (SSSR count). The molecule has 1 aromatic carbocycles. The maximum Gasteiger partial charge on any atom is 0.125 e. The summed E-state index contributed by atoms with van der Waals surface area (Å²) < 4.78 is 0. The molecule has 0 aliphatic carbocycles. The third kappa shape index (κ3) is 3.17. The molecule has 0 saturated carbocycles. The molecule has 1 unspecified atom stereocenters. The molecule has 0 spiro atoms. The van der Waals surface area contributed by atoms with E-state index in [1.54, 1.807) is 17.5 Å². The highest BCUT2D eigenvalue weighted by molar-refractivity contribution is 7.13. The van der Waals surface area contributed by atoms with E-state index in [1.165, 1.54) is 0 Å². The standard InChI is InChI=1S/C17H16N2OS/c1-12-7-8-18-10-15(12)17-19-14(11-21-17)9-16(20)13-5-3-2-4-6-13/h2-8,10-11,16,20H,9H2,1H3. The van der Waals surface area contributed by atoms with Crippen LogP contribution in [0.15, 0.2) is 54.2 Å². The van der Waals surface area contributed by atoms with Gasteiger partial charge >= 0.3 is 0 Å². The van der Waals surface area contributed by atoms with E-state index in [4.69, 9.17) is 0 Å². The molecule has 0 saturated heterocycles. The summed E-state index contributed by atoms with van der Waals surface area (Å²) in [6.45, 7) is 2.05. The number of hydrogen-bond acceptors (Lipinski definition) is 4. The zero-order valence-corrected chi connectivity index (χ0v) is 12.5. The van der Waals surface area contributed by atoms with Gasteiger partial charge in [0.25, 0.3) is 0 Å². The second-order valence-electron chi connectivity index (χ2n) is 4.97. The largest absolute Gasteiger partial charge is 0.388 e. The molecule has 0 radical (unpaired) electrons. The lowest BCUT2D eigenvalue weighted by Gasteiger charge is -2.08. The Morgan fingerprint density at radius 1 is 1.19 bits per heavy atom. The van der Waals surface area contributed by atoms with Crippen molar-refractivity contribution in [2.24, 2.45) is 0 Å². The van der Waals surface area contributed by atoms with Crippen LogP contribution in [-0.2, 0) is 6.42 Å². The topological polar surface area (TPSA) is 46.0 Å². The van der Waals surface area contributed by atoms with Crippen LogP contribution in [0.1, 0.15) is 22.9 Å².